The summed E-state index contributed by atoms with van der Waals surface area (Å²) in [5.41, 5.74) is 1.58. The van der Waals surface area contributed by atoms with Gasteiger partial charge >= 0.3 is 6.03 Å². The molecule has 6 nitrogen and oxygen atoms in total. The lowest BCUT2D eigenvalue weighted by molar-refractivity contribution is 0.262. The van der Waals surface area contributed by atoms with Gasteiger partial charge < -0.3 is 10.1 Å². The number of aromatic nitrogens is 2. The van der Waals surface area contributed by atoms with E-state index in [1.165, 1.54) is 0 Å². The van der Waals surface area contributed by atoms with Gasteiger partial charge in [0.2, 0.25) is 0 Å². The monoisotopic (exact) mass is 328 g/mol. The van der Waals surface area contributed by atoms with Crippen molar-refractivity contribution in [3.05, 3.63) is 42.5 Å². The second kappa shape index (κ2) is 6.62. The topological polar surface area (TPSA) is 79.0 Å². The number of ether oxygens (including phenoxy) is 1. The van der Waals surface area contributed by atoms with E-state index in [1.807, 2.05) is 48.7 Å². The zero-order chi connectivity index (χ0) is 16.2. The maximum absolute atomic E-state index is 12.2. The van der Waals surface area contributed by atoms with E-state index in [4.69, 9.17) is 4.74 Å². The van der Waals surface area contributed by atoms with Crippen molar-refractivity contribution in [3.63, 3.8) is 0 Å². The van der Waals surface area contributed by atoms with E-state index in [9.17, 15) is 4.79 Å². The Hall–Kier alpha value is -2.67. The first kappa shape index (κ1) is 15.2. The number of hydrogen-bond donors (Lipinski definition) is 3. The van der Waals surface area contributed by atoms with Crippen molar-refractivity contribution in [1.29, 1.82) is 0 Å². The lowest BCUT2D eigenvalue weighted by Gasteiger charge is -2.09. The predicted octanol–water partition coefficient (Wildman–Crippen LogP) is 3.94. The van der Waals surface area contributed by atoms with Crippen molar-refractivity contribution in [2.24, 2.45) is 0 Å². The fraction of sp³-hybridized carbons (Fsp3) is 0.125. The molecule has 0 atom stereocenters. The summed E-state index contributed by atoms with van der Waals surface area (Å²) >= 11 is 1.57. The molecule has 0 unspecified atom stereocenters. The quantitative estimate of drug-likeness (QED) is 0.634. The summed E-state index contributed by atoms with van der Waals surface area (Å²) < 4.78 is 5.20. The molecule has 0 aliphatic rings. The molecule has 1 aromatic heterocycles. The fourth-order valence-corrected chi connectivity index (χ4v) is 2.78. The molecule has 7 heteroatoms. The van der Waals surface area contributed by atoms with Gasteiger partial charge in [-0.15, -0.1) is 11.8 Å². The Morgan fingerprint density at radius 3 is 2.83 bits per heavy atom. The van der Waals surface area contributed by atoms with Crippen LogP contribution in [0.25, 0.3) is 10.9 Å². The molecule has 2 amide bonds. The summed E-state index contributed by atoms with van der Waals surface area (Å²) in [7, 11) is 1.60. The summed E-state index contributed by atoms with van der Waals surface area (Å²) in [5.74, 6) is 1.16. The molecular formula is C16H16N4O2S. The Morgan fingerprint density at radius 2 is 2.04 bits per heavy atom. The predicted molar refractivity (Wildman–Crippen MR) is 93.5 cm³/mol. The van der Waals surface area contributed by atoms with Crippen molar-refractivity contribution in [1.82, 2.24) is 10.2 Å². The molecule has 3 N–H and O–H groups in total. The number of hydrogen-bond acceptors (Lipinski definition) is 4. The molecule has 0 fully saturated rings. The molecule has 0 aliphatic heterocycles. The fourth-order valence-electron chi connectivity index (χ4n) is 2.22. The van der Waals surface area contributed by atoms with E-state index in [2.05, 4.69) is 20.8 Å². The number of nitrogens with zero attached hydrogens (tertiary/aromatic N) is 1. The summed E-state index contributed by atoms with van der Waals surface area (Å²) in [6.07, 6.45) is 1.96. The minimum atomic E-state index is -0.345. The van der Waals surface area contributed by atoms with Crippen molar-refractivity contribution >= 4 is 40.2 Å². The zero-order valence-electron chi connectivity index (χ0n) is 12.7. The van der Waals surface area contributed by atoms with Gasteiger partial charge in [0.15, 0.2) is 5.82 Å². The van der Waals surface area contributed by atoms with E-state index in [0.29, 0.717) is 11.6 Å². The minimum absolute atomic E-state index is 0.345. The number of carbonyl (C=O) groups excluding carboxylic acids is 1. The highest BCUT2D eigenvalue weighted by Gasteiger charge is 2.11. The summed E-state index contributed by atoms with van der Waals surface area (Å²) in [5, 5.41) is 13.4. The minimum Gasteiger partial charge on any atom is -0.497 e. The Kier molecular flexibility index (Phi) is 4.38. The summed E-state index contributed by atoms with van der Waals surface area (Å²) in [6, 6.07) is 12.8. The van der Waals surface area contributed by atoms with Gasteiger partial charge in [0, 0.05) is 10.3 Å². The van der Waals surface area contributed by atoms with Crippen LogP contribution in [0.5, 0.6) is 5.75 Å². The first-order valence-electron chi connectivity index (χ1n) is 6.94. The number of nitrogens with one attached hydrogen (secondary N) is 3. The summed E-state index contributed by atoms with van der Waals surface area (Å²) in [4.78, 5) is 13.2. The van der Waals surface area contributed by atoms with Crippen LogP contribution in [0.2, 0.25) is 0 Å². The molecule has 0 aliphatic carbocycles. The highest BCUT2D eigenvalue weighted by molar-refractivity contribution is 7.98. The number of thioether (sulfide) groups is 1. The molecule has 1 heterocycles. The number of rotatable bonds is 4. The van der Waals surface area contributed by atoms with Crippen molar-refractivity contribution in [3.8, 4) is 5.75 Å². The average Bonchev–Trinajstić information content (AvgIpc) is 2.97. The number of amides is 2. The number of para-hydroxylation sites is 1. The van der Waals surface area contributed by atoms with Gasteiger partial charge in [0.05, 0.1) is 18.3 Å². The van der Waals surface area contributed by atoms with Gasteiger partial charge in [0.25, 0.3) is 0 Å². The lowest BCUT2D eigenvalue weighted by atomic mass is 10.2. The number of anilines is 2. The van der Waals surface area contributed by atoms with Gasteiger partial charge in [-0.2, -0.15) is 5.10 Å². The number of carbonyl (C=O) groups is 1. The first-order chi connectivity index (χ1) is 11.2. The number of aromatic amines is 1. The van der Waals surface area contributed by atoms with Gasteiger partial charge in [0.1, 0.15) is 5.75 Å². The van der Waals surface area contributed by atoms with Crippen LogP contribution in [0, 0.1) is 0 Å². The number of benzene rings is 2. The molecular weight excluding hydrogens is 312 g/mol. The zero-order valence-corrected chi connectivity index (χ0v) is 13.5. The van der Waals surface area contributed by atoms with Gasteiger partial charge in [-0.05, 0) is 36.6 Å². The van der Waals surface area contributed by atoms with Crippen molar-refractivity contribution in [2.45, 2.75) is 4.90 Å². The second-order valence-electron chi connectivity index (χ2n) is 4.76. The third kappa shape index (κ3) is 3.24. The number of H-pyrrole nitrogens is 1. The van der Waals surface area contributed by atoms with E-state index in [1.54, 1.807) is 18.9 Å². The SMILES string of the molecule is COc1ccc2[nH]nc(NC(=O)Nc3ccccc3SC)c2c1. The molecule has 0 radical (unpaired) electrons. The molecule has 3 aromatic rings. The smallest absolute Gasteiger partial charge is 0.324 e. The lowest BCUT2D eigenvalue weighted by Crippen LogP contribution is -2.20. The summed E-state index contributed by atoms with van der Waals surface area (Å²) in [6.45, 7) is 0. The van der Waals surface area contributed by atoms with Crippen molar-refractivity contribution < 1.29 is 9.53 Å². The van der Waals surface area contributed by atoms with Crippen LogP contribution < -0.4 is 15.4 Å². The molecule has 0 saturated carbocycles. The third-order valence-corrected chi connectivity index (χ3v) is 4.15. The van der Waals surface area contributed by atoms with Crippen LogP contribution in [0.4, 0.5) is 16.3 Å². The van der Waals surface area contributed by atoms with Crippen LogP contribution in [-0.4, -0.2) is 29.6 Å². The van der Waals surface area contributed by atoms with Crippen LogP contribution in [-0.2, 0) is 0 Å². The van der Waals surface area contributed by atoms with E-state index in [0.717, 1.165) is 21.5 Å². The second-order valence-corrected chi connectivity index (χ2v) is 5.61. The average molecular weight is 328 g/mol. The molecule has 23 heavy (non-hydrogen) atoms. The molecule has 3 rings (SSSR count). The third-order valence-electron chi connectivity index (χ3n) is 3.36. The maximum Gasteiger partial charge on any atom is 0.324 e. The van der Waals surface area contributed by atoms with Gasteiger partial charge in [-0.1, -0.05) is 12.1 Å². The highest BCUT2D eigenvalue weighted by atomic mass is 32.2. The van der Waals surface area contributed by atoms with Gasteiger partial charge in [-0.25, -0.2) is 4.79 Å². The van der Waals surface area contributed by atoms with Crippen LogP contribution >= 0.6 is 11.8 Å². The van der Waals surface area contributed by atoms with E-state index in [-0.39, 0.29) is 6.03 Å². The standard InChI is InChI=1S/C16H16N4O2S/c1-22-10-7-8-12-11(9-10)15(20-19-12)18-16(21)17-13-5-3-4-6-14(13)23-2/h3-9H,1-2H3,(H3,17,18,19,20,21). The molecule has 2 aromatic carbocycles. The Morgan fingerprint density at radius 1 is 1.22 bits per heavy atom. The molecule has 118 valence electrons. The first-order valence-corrected chi connectivity index (χ1v) is 8.17. The van der Waals surface area contributed by atoms with Crippen LogP contribution in [0.3, 0.4) is 0 Å². The Labute approximate surface area is 137 Å². The Balaban J connectivity index is 1.80. The van der Waals surface area contributed by atoms with Crippen LogP contribution in [0.1, 0.15) is 0 Å². The maximum atomic E-state index is 12.2. The molecule has 0 saturated heterocycles. The number of urea groups is 1. The van der Waals surface area contributed by atoms with E-state index >= 15 is 0 Å². The number of methoxy groups -OCH3 is 1. The van der Waals surface area contributed by atoms with Crippen molar-refractivity contribution in [2.75, 3.05) is 24.0 Å². The van der Waals surface area contributed by atoms with Gasteiger partial charge in [-0.3, -0.25) is 10.4 Å². The van der Waals surface area contributed by atoms with E-state index < -0.39 is 0 Å². The van der Waals surface area contributed by atoms with Crippen LogP contribution in [0.15, 0.2) is 47.4 Å². The largest absolute Gasteiger partial charge is 0.497 e. The molecule has 0 bridgehead atoms. The Bertz CT molecular complexity index is 847. The normalized spacial score (nSPS) is 10.5. The highest BCUT2D eigenvalue weighted by Crippen LogP contribution is 2.27. The molecule has 0 spiro atoms. The number of fused-ring (bicyclic) bond motifs is 1.